The van der Waals surface area contributed by atoms with Crippen LogP contribution in [0.3, 0.4) is 0 Å². The molecule has 88 valence electrons. The molecule has 0 saturated heterocycles. The summed E-state index contributed by atoms with van der Waals surface area (Å²) in [5.74, 6) is 0.653. The van der Waals surface area contributed by atoms with Crippen LogP contribution in [0, 0.1) is 5.92 Å². The standard InChI is InChI=1S/C12H18N2OS/c1-8(10-4-5-16-7-10)14-12(15)6-11(13)9-2-3-9/h4-5,7-9,11H,2-3,6,13H2,1H3,(H,14,15). The van der Waals surface area contributed by atoms with Gasteiger partial charge in [0.25, 0.3) is 0 Å². The van der Waals surface area contributed by atoms with Crippen LogP contribution >= 0.6 is 11.3 Å². The van der Waals surface area contributed by atoms with E-state index in [1.54, 1.807) is 11.3 Å². The molecule has 16 heavy (non-hydrogen) atoms. The van der Waals surface area contributed by atoms with Gasteiger partial charge in [0.15, 0.2) is 0 Å². The highest BCUT2D eigenvalue weighted by molar-refractivity contribution is 7.07. The minimum Gasteiger partial charge on any atom is -0.350 e. The lowest BCUT2D eigenvalue weighted by molar-refractivity contribution is -0.122. The zero-order valence-electron chi connectivity index (χ0n) is 9.48. The molecule has 0 radical (unpaired) electrons. The molecular weight excluding hydrogens is 220 g/mol. The molecule has 1 fully saturated rings. The molecule has 0 bridgehead atoms. The van der Waals surface area contributed by atoms with Crippen LogP contribution in [0.2, 0.25) is 0 Å². The van der Waals surface area contributed by atoms with Gasteiger partial charge in [-0.25, -0.2) is 0 Å². The van der Waals surface area contributed by atoms with Gasteiger partial charge in [0.05, 0.1) is 6.04 Å². The van der Waals surface area contributed by atoms with Crippen molar-refractivity contribution in [2.45, 2.75) is 38.3 Å². The van der Waals surface area contributed by atoms with E-state index in [1.165, 1.54) is 18.4 Å². The quantitative estimate of drug-likeness (QED) is 0.825. The molecule has 4 heteroatoms. The van der Waals surface area contributed by atoms with Gasteiger partial charge in [-0.3, -0.25) is 4.79 Å². The molecule has 1 aliphatic carbocycles. The van der Waals surface area contributed by atoms with Crippen LogP contribution < -0.4 is 11.1 Å². The number of nitrogens with one attached hydrogen (secondary N) is 1. The van der Waals surface area contributed by atoms with Gasteiger partial charge >= 0.3 is 0 Å². The third-order valence-corrected chi connectivity index (χ3v) is 3.77. The SMILES string of the molecule is CC(NC(=O)CC(N)C1CC1)c1ccsc1. The van der Waals surface area contributed by atoms with Gasteiger partial charge in [0.2, 0.25) is 5.91 Å². The Hall–Kier alpha value is -0.870. The fourth-order valence-electron chi connectivity index (χ4n) is 1.81. The molecule has 0 spiro atoms. The number of hydrogen-bond acceptors (Lipinski definition) is 3. The second-order valence-corrected chi connectivity index (χ2v) is 5.33. The maximum absolute atomic E-state index is 11.7. The summed E-state index contributed by atoms with van der Waals surface area (Å²) >= 11 is 1.65. The van der Waals surface area contributed by atoms with Crippen molar-refractivity contribution < 1.29 is 4.79 Å². The number of nitrogens with two attached hydrogens (primary N) is 1. The summed E-state index contributed by atoms with van der Waals surface area (Å²) in [7, 11) is 0. The molecule has 3 nitrogen and oxygen atoms in total. The van der Waals surface area contributed by atoms with Crippen LogP contribution in [0.1, 0.15) is 37.8 Å². The van der Waals surface area contributed by atoms with Crippen molar-refractivity contribution >= 4 is 17.2 Å². The van der Waals surface area contributed by atoms with Crippen molar-refractivity contribution in [3.05, 3.63) is 22.4 Å². The molecule has 1 aliphatic rings. The highest BCUT2D eigenvalue weighted by Gasteiger charge is 2.29. The van der Waals surface area contributed by atoms with Crippen molar-refractivity contribution in [2.24, 2.45) is 11.7 Å². The monoisotopic (exact) mass is 238 g/mol. The molecule has 1 saturated carbocycles. The van der Waals surface area contributed by atoms with Gasteiger partial charge in [-0.15, -0.1) is 0 Å². The minimum absolute atomic E-state index is 0.0506. The van der Waals surface area contributed by atoms with Crippen molar-refractivity contribution in [1.29, 1.82) is 0 Å². The normalized spacial score (nSPS) is 19.1. The maximum Gasteiger partial charge on any atom is 0.222 e. The third kappa shape index (κ3) is 3.06. The first-order chi connectivity index (χ1) is 7.66. The number of carbonyl (C=O) groups excluding carboxylic acids is 1. The smallest absolute Gasteiger partial charge is 0.222 e. The lowest BCUT2D eigenvalue weighted by Crippen LogP contribution is -2.34. The van der Waals surface area contributed by atoms with Crippen LogP contribution in [0.15, 0.2) is 16.8 Å². The molecule has 0 aromatic carbocycles. The van der Waals surface area contributed by atoms with Crippen molar-refractivity contribution in [1.82, 2.24) is 5.32 Å². The van der Waals surface area contributed by atoms with E-state index < -0.39 is 0 Å². The van der Waals surface area contributed by atoms with Gasteiger partial charge in [0, 0.05) is 12.5 Å². The Morgan fingerprint density at radius 3 is 3.00 bits per heavy atom. The first-order valence-electron chi connectivity index (χ1n) is 5.74. The Bertz CT molecular complexity index is 346. The Balaban J connectivity index is 1.78. The first-order valence-corrected chi connectivity index (χ1v) is 6.68. The second kappa shape index (κ2) is 4.97. The van der Waals surface area contributed by atoms with E-state index in [1.807, 2.05) is 18.4 Å². The molecule has 2 unspecified atom stereocenters. The molecule has 0 aliphatic heterocycles. The molecule has 2 rings (SSSR count). The van der Waals surface area contributed by atoms with Gasteiger partial charge < -0.3 is 11.1 Å². The van der Waals surface area contributed by atoms with E-state index in [2.05, 4.69) is 10.7 Å². The summed E-state index contributed by atoms with van der Waals surface area (Å²) in [5, 5.41) is 7.07. The predicted molar refractivity (Wildman–Crippen MR) is 66.2 cm³/mol. The van der Waals surface area contributed by atoms with Crippen molar-refractivity contribution in [3.8, 4) is 0 Å². The van der Waals surface area contributed by atoms with E-state index in [4.69, 9.17) is 5.73 Å². The zero-order valence-corrected chi connectivity index (χ0v) is 10.3. The third-order valence-electron chi connectivity index (χ3n) is 3.07. The fourth-order valence-corrected chi connectivity index (χ4v) is 2.56. The molecule has 3 N–H and O–H groups in total. The molecular formula is C12H18N2OS. The minimum atomic E-state index is 0.0506. The Labute approximate surface area is 100 Å². The van der Waals surface area contributed by atoms with Gasteiger partial charge in [-0.1, -0.05) is 0 Å². The summed E-state index contributed by atoms with van der Waals surface area (Å²) < 4.78 is 0. The van der Waals surface area contributed by atoms with Crippen LogP contribution in [-0.2, 0) is 4.79 Å². The molecule has 2 atom stereocenters. The number of rotatable bonds is 5. The highest BCUT2D eigenvalue weighted by atomic mass is 32.1. The summed E-state index contributed by atoms with van der Waals surface area (Å²) in [5.41, 5.74) is 7.08. The topological polar surface area (TPSA) is 55.1 Å². The zero-order chi connectivity index (χ0) is 11.5. The van der Waals surface area contributed by atoms with Gasteiger partial charge in [-0.2, -0.15) is 11.3 Å². The van der Waals surface area contributed by atoms with E-state index in [9.17, 15) is 4.79 Å². The average Bonchev–Trinajstić information content (AvgIpc) is 2.93. The fraction of sp³-hybridized carbons (Fsp3) is 0.583. The lowest BCUT2D eigenvalue weighted by atomic mass is 10.1. The van der Waals surface area contributed by atoms with Gasteiger partial charge in [-0.05, 0) is 48.1 Å². The highest BCUT2D eigenvalue weighted by Crippen LogP contribution is 2.32. The van der Waals surface area contributed by atoms with E-state index in [0.29, 0.717) is 12.3 Å². The van der Waals surface area contributed by atoms with Crippen molar-refractivity contribution in [2.75, 3.05) is 0 Å². The summed E-state index contributed by atoms with van der Waals surface area (Å²) in [4.78, 5) is 11.7. The number of carbonyl (C=O) groups is 1. The average molecular weight is 238 g/mol. The van der Waals surface area contributed by atoms with Crippen LogP contribution in [0.5, 0.6) is 0 Å². The predicted octanol–water partition coefficient (Wildman–Crippen LogP) is 2.05. The molecule has 1 amide bonds. The van der Waals surface area contributed by atoms with Crippen molar-refractivity contribution in [3.63, 3.8) is 0 Å². The second-order valence-electron chi connectivity index (χ2n) is 4.55. The van der Waals surface area contributed by atoms with E-state index in [-0.39, 0.29) is 18.0 Å². The van der Waals surface area contributed by atoms with E-state index in [0.717, 1.165) is 0 Å². The van der Waals surface area contributed by atoms with Gasteiger partial charge in [0.1, 0.15) is 0 Å². The number of thiophene rings is 1. The van der Waals surface area contributed by atoms with Crippen LogP contribution in [0.25, 0.3) is 0 Å². The summed E-state index contributed by atoms with van der Waals surface area (Å²) in [6, 6.07) is 2.18. The lowest BCUT2D eigenvalue weighted by Gasteiger charge is -2.15. The number of amides is 1. The summed E-state index contributed by atoms with van der Waals surface area (Å²) in [6.45, 7) is 2.00. The molecule has 1 aromatic heterocycles. The Morgan fingerprint density at radius 2 is 2.44 bits per heavy atom. The van der Waals surface area contributed by atoms with Crippen LogP contribution in [-0.4, -0.2) is 11.9 Å². The molecule has 1 aromatic rings. The number of hydrogen-bond donors (Lipinski definition) is 2. The Kier molecular flexibility index (Phi) is 3.61. The van der Waals surface area contributed by atoms with Crippen LogP contribution in [0.4, 0.5) is 0 Å². The summed E-state index contributed by atoms with van der Waals surface area (Å²) in [6.07, 6.45) is 2.84. The maximum atomic E-state index is 11.7. The Morgan fingerprint density at radius 1 is 1.69 bits per heavy atom. The largest absolute Gasteiger partial charge is 0.350 e. The van der Waals surface area contributed by atoms with E-state index >= 15 is 0 Å². The molecule has 1 heterocycles. The first kappa shape index (κ1) is 11.6.